The van der Waals surface area contributed by atoms with Crippen LogP contribution < -0.4 is 16.0 Å². The van der Waals surface area contributed by atoms with Crippen molar-refractivity contribution in [1.82, 2.24) is 25.1 Å². The maximum atomic E-state index is 13.3. The predicted molar refractivity (Wildman–Crippen MR) is 158 cm³/mol. The number of likely N-dealkylation sites (N-methyl/N-ethyl adjacent to an activating group) is 2. The number of halogens is 1. The Morgan fingerprint density at radius 2 is 1.93 bits per heavy atom. The molecule has 1 aromatic heterocycles. The van der Waals surface area contributed by atoms with Crippen molar-refractivity contribution in [2.24, 2.45) is 5.92 Å². The molecule has 0 radical (unpaired) electrons. The summed E-state index contributed by atoms with van der Waals surface area (Å²) in [5, 5.41) is 9.36. The highest BCUT2D eigenvalue weighted by Crippen LogP contribution is 2.20. The molecule has 41 heavy (non-hydrogen) atoms. The minimum absolute atomic E-state index is 0.00535. The Balaban J connectivity index is 1.51. The summed E-state index contributed by atoms with van der Waals surface area (Å²) in [5.41, 5.74) is 1.35. The van der Waals surface area contributed by atoms with Crippen molar-refractivity contribution in [3.05, 3.63) is 54.0 Å². The maximum absolute atomic E-state index is 13.3. The van der Waals surface area contributed by atoms with Gasteiger partial charge in [0, 0.05) is 58.1 Å². The SMILES string of the molecule is CN(C)C/C=C/C(=O)N(C)CC(=O)NCCCC#Cc1cnc(Nc2ccc(F)cc2)nc1NCC1CCOCC1. The van der Waals surface area contributed by atoms with Gasteiger partial charge in [-0.1, -0.05) is 17.9 Å². The number of carbonyl (C=O) groups is 2. The molecule has 3 N–H and O–H groups in total. The fourth-order valence-corrected chi connectivity index (χ4v) is 3.93. The molecule has 1 fully saturated rings. The molecule has 1 aromatic carbocycles. The first kappa shape index (κ1) is 31.5. The lowest BCUT2D eigenvalue weighted by molar-refractivity contribution is -0.131. The summed E-state index contributed by atoms with van der Waals surface area (Å²) in [6.45, 7) is 3.38. The number of unbranched alkanes of at least 4 members (excludes halogenated alkanes) is 1. The lowest BCUT2D eigenvalue weighted by atomic mass is 10.0. The van der Waals surface area contributed by atoms with Gasteiger partial charge in [0.05, 0.1) is 18.3 Å². The second-order valence-corrected chi connectivity index (χ2v) is 10.1. The molecule has 1 saturated heterocycles. The first-order chi connectivity index (χ1) is 19.8. The highest BCUT2D eigenvalue weighted by atomic mass is 19.1. The molecule has 2 amide bonds. The molecule has 2 aromatic rings. The number of amides is 2. The summed E-state index contributed by atoms with van der Waals surface area (Å²) in [4.78, 5) is 36.6. The highest BCUT2D eigenvalue weighted by molar-refractivity contribution is 5.91. The van der Waals surface area contributed by atoms with Crippen LogP contribution in [0.3, 0.4) is 0 Å². The van der Waals surface area contributed by atoms with Gasteiger partial charge in [-0.3, -0.25) is 9.59 Å². The van der Waals surface area contributed by atoms with Gasteiger partial charge < -0.3 is 30.5 Å². The van der Waals surface area contributed by atoms with Crippen LogP contribution in [0.2, 0.25) is 0 Å². The standard InChI is InChI=1S/C30H40FN7O3/c1-37(2)17-7-9-28(40)38(3)22-27(39)32-16-6-4-5-8-24-21-34-30(35-26-12-10-25(31)11-13-26)36-29(24)33-20-23-14-18-41-19-15-23/h7,9-13,21,23H,4,6,14-20,22H2,1-3H3,(H,32,39)(H2,33,34,35,36)/b9-7+. The fraction of sp³-hybridized carbons (Fsp3) is 0.467. The Kier molecular flexibility index (Phi) is 13.0. The molecule has 1 aliphatic heterocycles. The number of carbonyl (C=O) groups excluding carboxylic acids is 2. The third-order valence-corrected chi connectivity index (χ3v) is 6.30. The molecular formula is C30H40FN7O3. The van der Waals surface area contributed by atoms with Crippen LogP contribution in [0.25, 0.3) is 0 Å². The Hall–Kier alpha value is -4.01. The smallest absolute Gasteiger partial charge is 0.246 e. The Labute approximate surface area is 241 Å². The van der Waals surface area contributed by atoms with E-state index in [-0.39, 0.29) is 24.2 Å². The van der Waals surface area contributed by atoms with Crippen LogP contribution in [0.15, 0.2) is 42.6 Å². The highest BCUT2D eigenvalue weighted by Gasteiger charge is 2.15. The zero-order chi connectivity index (χ0) is 29.5. The molecular weight excluding hydrogens is 525 g/mol. The lowest BCUT2D eigenvalue weighted by Gasteiger charge is -2.22. The van der Waals surface area contributed by atoms with Crippen LogP contribution >= 0.6 is 0 Å². The topological polar surface area (TPSA) is 112 Å². The molecule has 0 bridgehead atoms. The lowest BCUT2D eigenvalue weighted by Crippen LogP contribution is -2.38. The van der Waals surface area contributed by atoms with Gasteiger partial charge in [-0.05, 0) is 63.5 Å². The first-order valence-corrected chi connectivity index (χ1v) is 13.8. The van der Waals surface area contributed by atoms with E-state index in [1.54, 1.807) is 31.5 Å². The van der Waals surface area contributed by atoms with Crippen molar-refractivity contribution < 1.29 is 18.7 Å². The molecule has 10 nitrogen and oxygen atoms in total. The normalized spacial score (nSPS) is 13.5. The van der Waals surface area contributed by atoms with E-state index in [1.165, 1.54) is 23.1 Å². The van der Waals surface area contributed by atoms with Crippen LogP contribution in [-0.4, -0.2) is 92.1 Å². The van der Waals surface area contributed by atoms with Gasteiger partial charge >= 0.3 is 0 Å². The number of nitrogens with zero attached hydrogens (tertiary/aromatic N) is 4. The Bertz CT molecular complexity index is 1220. The van der Waals surface area contributed by atoms with Crippen LogP contribution in [0.4, 0.5) is 21.8 Å². The number of ether oxygens (including phenoxy) is 1. The van der Waals surface area contributed by atoms with E-state index < -0.39 is 0 Å². The van der Waals surface area contributed by atoms with Crippen molar-refractivity contribution in [3.63, 3.8) is 0 Å². The average Bonchev–Trinajstić information content (AvgIpc) is 2.96. The largest absolute Gasteiger partial charge is 0.381 e. The van der Waals surface area contributed by atoms with Gasteiger partial charge in [-0.2, -0.15) is 4.98 Å². The monoisotopic (exact) mass is 565 g/mol. The number of hydrogen-bond acceptors (Lipinski definition) is 8. The Morgan fingerprint density at radius 3 is 2.66 bits per heavy atom. The van der Waals surface area contributed by atoms with Crippen molar-refractivity contribution in [2.75, 3.05) is 71.2 Å². The van der Waals surface area contributed by atoms with E-state index >= 15 is 0 Å². The van der Waals surface area contributed by atoms with Crippen molar-refractivity contribution in [3.8, 4) is 11.8 Å². The minimum atomic E-state index is -0.313. The molecule has 0 atom stereocenters. The summed E-state index contributed by atoms with van der Waals surface area (Å²) >= 11 is 0. The van der Waals surface area contributed by atoms with Gasteiger partial charge in [0.2, 0.25) is 17.8 Å². The summed E-state index contributed by atoms with van der Waals surface area (Å²) in [6.07, 6.45) is 8.12. The van der Waals surface area contributed by atoms with Gasteiger partial charge in [0.15, 0.2) is 0 Å². The van der Waals surface area contributed by atoms with Crippen LogP contribution in [0.5, 0.6) is 0 Å². The average molecular weight is 566 g/mol. The molecule has 2 heterocycles. The zero-order valence-corrected chi connectivity index (χ0v) is 24.1. The minimum Gasteiger partial charge on any atom is -0.381 e. The van der Waals surface area contributed by atoms with E-state index in [0.717, 1.165) is 32.6 Å². The Morgan fingerprint density at radius 1 is 1.17 bits per heavy atom. The summed E-state index contributed by atoms with van der Waals surface area (Å²) < 4.78 is 18.7. The fourth-order valence-electron chi connectivity index (χ4n) is 3.93. The second kappa shape index (κ2) is 16.9. The maximum Gasteiger partial charge on any atom is 0.246 e. The molecule has 3 rings (SSSR count). The number of anilines is 3. The first-order valence-electron chi connectivity index (χ1n) is 13.8. The molecule has 0 spiro atoms. The van der Waals surface area contributed by atoms with Gasteiger partial charge in [0.1, 0.15) is 11.6 Å². The third kappa shape index (κ3) is 11.9. The molecule has 11 heteroatoms. The molecule has 220 valence electrons. The summed E-state index contributed by atoms with van der Waals surface area (Å²) in [6, 6.07) is 5.99. The zero-order valence-electron chi connectivity index (χ0n) is 24.1. The van der Waals surface area contributed by atoms with E-state index in [1.807, 2.05) is 19.0 Å². The van der Waals surface area contributed by atoms with Gasteiger partial charge in [-0.15, -0.1) is 0 Å². The van der Waals surface area contributed by atoms with E-state index in [4.69, 9.17) is 4.74 Å². The van der Waals surface area contributed by atoms with E-state index in [2.05, 4.69) is 37.8 Å². The summed E-state index contributed by atoms with van der Waals surface area (Å²) in [7, 11) is 5.43. The molecule has 1 aliphatic rings. The van der Waals surface area contributed by atoms with Crippen molar-refractivity contribution in [1.29, 1.82) is 0 Å². The number of benzene rings is 1. The predicted octanol–water partition coefficient (Wildman–Crippen LogP) is 3.02. The van der Waals surface area contributed by atoms with Crippen molar-refractivity contribution in [2.45, 2.75) is 25.7 Å². The quantitative estimate of drug-likeness (QED) is 0.193. The molecule has 0 unspecified atom stereocenters. The van der Waals surface area contributed by atoms with E-state index in [0.29, 0.717) is 54.9 Å². The number of aromatic nitrogens is 2. The van der Waals surface area contributed by atoms with Gasteiger partial charge in [0.25, 0.3) is 0 Å². The van der Waals surface area contributed by atoms with Crippen LogP contribution in [0.1, 0.15) is 31.2 Å². The number of rotatable bonds is 13. The van der Waals surface area contributed by atoms with Crippen molar-refractivity contribution >= 4 is 29.3 Å². The van der Waals surface area contributed by atoms with Crippen LogP contribution in [0, 0.1) is 23.6 Å². The summed E-state index contributed by atoms with van der Waals surface area (Å²) in [5.74, 6) is 7.04. The van der Waals surface area contributed by atoms with E-state index in [9.17, 15) is 14.0 Å². The van der Waals surface area contributed by atoms with Gasteiger partial charge in [-0.25, -0.2) is 9.37 Å². The molecule has 0 saturated carbocycles. The third-order valence-electron chi connectivity index (χ3n) is 6.30. The molecule has 0 aliphatic carbocycles. The second-order valence-electron chi connectivity index (χ2n) is 10.1. The number of nitrogens with one attached hydrogen (secondary N) is 3. The number of hydrogen-bond donors (Lipinski definition) is 3. The van der Waals surface area contributed by atoms with Crippen LogP contribution in [-0.2, 0) is 14.3 Å².